The first kappa shape index (κ1) is 62.9. The van der Waals surface area contributed by atoms with Crippen molar-refractivity contribution >= 4 is 39.2 Å². The van der Waals surface area contributed by atoms with E-state index in [4.69, 9.17) is 9.84 Å². The van der Waals surface area contributed by atoms with Crippen LogP contribution < -0.4 is 8.92 Å². The standard InChI is InChI=1S/C13H13FO3.C12H10F4O4S.C12H13FO2.C11H11FO2.4CH4/c1-17-13(16)10-7-6-8-9(12(10)14)4-2-3-5-11(8)15;13-11-8-3-1-2-4-9(17)7(8)5-6-10(11)20-21(18,19)12(14,15)16;1-15-11-7-6-8-9(12(11)13)4-2-3-5-10(8)14;12-11-8-3-1-2-4-9(13)7(8)5-6-10(11)14;;;;/h6-7H,2-5H2,1H3;5-6H,1-4H2;6-7H,2-5H2,1H3;5-6,14H,1-4H2;4*1H4. The molecule has 11 nitrogen and oxygen atoms in total. The number of hydrogen-bond acceptors (Lipinski definition) is 11. The Hall–Kier alpha value is -6.11. The zero-order valence-electron chi connectivity index (χ0n) is 36.5. The fourth-order valence-corrected chi connectivity index (χ4v) is 8.45. The smallest absolute Gasteiger partial charge is 0.505 e. The maximum absolute atomic E-state index is 14.1. The van der Waals surface area contributed by atoms with Gasteiger partial charge in [-0.25, -0.2) is 22.4 Å². The third-order valence-electron chi connectivity index (χ3n) is 11.5. The van der Waals surface area contributed by atoms with Crippen LogP contribution in [0.3, 0.4) is 0 Å². The van der Waals surface area contributed by atoms with Gasteiger partial charge in [-0.2, -0.15) is 21.6 Å². The summed E-state index contributed by atoms with van der Waals surface area (Å²) < 4.78 is 127. The minimum atomic E-state index is -5.95. The maximum Gasteiger partial charge on any atom is 0.534 e. The van der Waals surface area contributed by atoms with Crippen LogP contribution in [-0.4, -0.2) is 62.4 Å². The highest BCUT2D eigenvalue weighted by Gasteiger charge is 2.49. The van der Waals surface area contributed by atoms with E-state index in [-0.39, 0.29) is 99.7 Å². The Bertz CT molecular complexity index is 2660. The van der Waals surface area contributed by atoms with Crippen LogP contribution in [0.2, 0.25) is 0 Å². The van der Waals surface area contributed by atoms with Gasteiger partial charge in [-0.3, -0.25) is 19.2 Å². The molecule has 0 aliphatic heterocycles. The van der Waals surface area contributed by atoms with Gasteiger partial charge in [0.1, 0.15) is 5.82 Å². The number of fused-ring (bicyclic) bond motifs is 4. The number of methoxy groups -OCH3 is 2. The second-order valence-corrected chi connectivity index (χ2v) is 17.4. The summed E-state index contributed by atoms with van der Waals surface area (Å²) in [6.07, 6.45) is 9.33. The quantitative estimate of drug-likeness (QED) is 0.0679. The molecule has 392 valence electrons. The number of Topliss-reactive ketones (excluding diaryl/α,β-unsaturated/α-hetero) is 4. The normalized spacial score (nSPS) is 14.9. The monoisotopic (exact) mass is 1030 g/mol. The molecule has 0 spiro atoms. The van der Waals surface area contributed by atoms with Gasteiger partial charge in [0.15, 0.2) is 57.8 Å². The second-order valence-electron chi connectivity index (χ2n) is 15.9. The van der Waals surface area contributed by atoms with Crippen molar-refractivity contribution in [1.82, 2.24) is 0 Å². The number of carbonyl (C=O) groups is 5. The third kappa shape index (κ3) is 15.0. The fraction of sp³-hybridized carbons (Fsp3) is 0.442. The van der Waals surface area contributed by atoms with Crippen LogP contribution in [0, 0.1) is 23.3 Å². The molecule has 0 atom stereocenters. The molecule has 71 heavy (non-hydrogen) atoms. The fourth-order valence-electron chi connectivity index (χ4n) is 8.00. The second kappa shape index (κ2) is 27.5. The van der Waals surface area contributed by atoms with Crippen molar-refractivity contribution in [2.24, 2.45) is 0 Å². The number of benzene rings is 4. The number of halogens is 7. The van der Waals surface area contributed by atoms with Crippen molar-refractivity contribution in [1.29, 1.82) is 0 Å². The van der Waals surface area contributed by atoms with Crippen molar-refractivity contribution < 1.29 is 81.9 Å². The molecule has 8 rings (SSSR count). The molecule has 0 saturated heterocycles. The van der Waals surface area contributed by atoms with Crippen molar-refractivity contribution in [2.75, 3.05) is 14.2 Å². The number of carbonyl (C=O) groups excluding carboxylic acids is 5. The van der Waals surface area contributed by atoms with Gasteiger partial charge in [0, 0.05) is 64.6 Å². The Labute approximate surface area is 411 Å². The van der Waals surface area contributed by atoms with Gasteiger partial charge in [0.05, 0.1) is 19.8 Å². The van der Waals surface area contributed by atoms with Gasteiger partial charge in [-0.1, -0.05) is 35.8 Å². The molecule has 0 fully saturated rings. The van der Waals surface area contributed by atoms with E-state index >= 15 is 0 Å². The first-order valence-corrected chi connectivity index (χ1v) is 22.8. The van der Waals surface area contributed by atoms with E-state index in [1.165, 1.54) is 44.6 Å². The van der Waals surface area contributed by atoms with Gasteiger partial charge in [-0.05, 0) is 125 Å². The maximum atomic E-state index is 14.1. The van der Waals surface area contributed by atoms with Crippen LogP contribution >= 0.6 is 0 Å². The van der Waals surface area contributed by atoms with Crippen LogP contribution in [0.5, 0.6) is 17.2 Å². The largest absolute Gasteiger partial charge is 0.534 e. The third-order valence-corrected chi connectivity index (χ3v) is 12.5. The molecular weight excluding hydrogens is 966 g/mol. The summed E-state index contributed by atoms with van der Waals surface area (Å²) >= 11 is 0. The minimum Gasteiger partial charge on any atom is -0.505 e. The Balaban J connectivity index is 0.000000469. The first-order chi connectivity index (χ1) is 31.7. The first-order valence-electron chi connectivity index (χ1n) is 21.4. The number of aromatic hydroxyl groups is 1. The van der Waals surface area contributed by atoms with Gasteiger partial charge in [0.25, 0.3) is 0 Å². The van der Waals surface area contributed by atoms with Gasteiger partial charge in [-0.15, -0.1) is 0 Å². The van der Waals surface area contributed by atoms with Gasteiger partial charge >= 0.3 is 21.6 Å². The van der Waals surface area contributed by atoms with E-state index < -0.39 is 44.8 Å². The molecule has 4 aliphatic rings. The van der Waals surface area contributed by atoms with Crippen molar-refractivity contribution in [3.63, 3.8) is 0 Å². The summed E-state index contributed by atoms with van der Waals surface area (Å²) in [6, 6.07) is 10.6. The summed E-state index contributed by atoms with van der Waals surface area (Å²) in [4.78, 5) is 57.9. The van der Waals surface area contributed by atoms with Crippen LogP contribution in [0.4, 0.5) is 30.7 Å². The Morgan fingerprint density at radius 1 is 0.493 bits per heavy atom. The lowest BCUT2D eigenvalue weighted by Crippen LogP contribution is -2.28. The zero-order valence-corrected chi connectivity index (χ0v) is 37.3. The van der Waals surface area contributed by atoms with Crippen LogP contribution in [0.1, 0.15) is 181 Å². The molecule has 4 aromatic rings. The van der Waals surface area contributed by atoms with Gasteiger partial charge < -0.3 is 18.8 Å². The molecule has 0 heterocycles. The Morgan fingerprint density at radius 2 is 0.817 bits per heavy atom. The van der Waals surface area contributed by atoms with Crippen molar-refractivity contribution in [2.45, 2.75) is 138 Å². The number of esters is 1. The predicted octanol–water partition coefficient (Wildman–Crippen LogP) is 13.2. The Morgan fingerprint density at radius 3 is 1.20 bits per heavy atom. The van der Waals surface area contributed by atoms with Crippen LogP contribution in [0.15, 0.2) is 48.5 Å². The summed E-state index contributed by atoms with van der Waals surface area (Å²) in [6.45, 7) is 0. The lowest BCUT2D eigenvalue weighted by molar-refractivity contribution is -0.0501. The number of ketones is 4. The number of phenols is 1. The van der Waals surface area contributed by atoms with Crippen molar-refractivity contribution in [3.05, 3.63) is 122 Å². The molecule has 0 bridgehead atoms. The molecule has 19 heteroatoms. The Kier molecular flexibility index (Phi) is 24.3. The summed E-state index contributed by atoms with van der Waals surface area (Å²) in [7, 11) is -3.31. The van der Waals surface area contributed by atoms with Crippen LogP contribution in [0.25, 0.3) is 0 Å². The summed E-state index contributed by atoms with van der Waals surface area (Å²) in [5, 5.41) is 9.17. The van der Waals surface area contributed by atoms with Crippen LogP contribution in [-0.2, 0) is 40.5 Å². The van der Waals surface area contributed by atoms with E-state index in [0.29, 0.717) is 84.7 Å². The van der Waals surface area contributed by atoms with E-state index in [0.717, 1.165) is 50.7 Å². The molecule has 0 radical (unpaired) electrons. The van der Waals surface area contributed by atoms with E-state index in [1.807, 2.05) is 0 Å². The topological polar surface area (TPSA) is 167 Å². The average molecular weight is 1030 g/mol. The summed E-state index contributed by atoms with van der Waals surface area (Å²) in [5.41, 5.74) is -3.15. The van der Waals surface area contributed by atoms with Gasteiger partial charge in [0.2, 0.25) is 0 Å². The highest BCUT2D eigenvalue weighted by atomic mass is 32.2. The lowest BCUT2D eigenvalue weighted by Gasteiger charge is -2.13. The van der Waals surface area contributed by atoms with E-state index in [2.05, 4.69) is 8.92 Å². The number of ether oxygens (including phenoxy) is 2. The van der Waals surface area contributed by atoms with E-state index in [9.17, 15) is 63.1 Å². The molecule has 4 aromatic carbocycles. The number of hydrogen-bond donors (Lipinski definition) is 1. The minimum absolute atomic E-state index is 0. The number of rotatable bonds is 4. The molecule has 0 amide bonds. The number of phenolic OH excluding ortho intramolecular Hbond substituents is 1. The molecular formula is C52H63F7O11S. The lowest BCUT2D eigenvalue weighted by atomic mass is 9.98. The molecule has 4 aliphatic carbocycles. The number of alkyl halides is 3. The molecule has 0 saturated carbocycles. The molecule has 0 unspecified atom stereocenters. The highest BCUT2D eigenvalue weighted by molar-refractivity contribution is 7.88. The predicted molar refractivity (Wildman–Crippen MR) is 255 cm³/mol. The molecule has 1 N–H and O–H groups in total. The zero-order chi connectivity index (χ0) is 49.2. The van der Waals surface area contributed by atoms with Crippen molar-refractivity contribution in [3.8, 4) is 17.2 Å². The highest BCUT2D eigenvalue weighted by Crippen LogP contribution is 2.34. The summed E-state index contributed by atoms with van der Waals surface area (Å²) in [5.74, 6) is -5.09. The van der Waals surface area contributed by atoms with E-state index in [1.54, 1.807) is 6.07 Å². The average Bonchev–Trinajstić information content (AvgIpc) is 3.78. The SMILES string of the molecule is C.C.C.C.COC(=O)c1ccc2c(c1F)CCCCC2=O.COc1ccc2c(c1F)CCCCC2=O.O=C1CCCCc2c1ccc(O)c2F.O=C1CCCCc2c1ccc(OS(=O)(=O)C(F)(F)F)c2F. The molecule has 0 aromatic heterocycles.